The number of rotatable bonds is 7. The number of carboxylic acids is 1. The predicted octanol–water partition coefficient (Wildman–Crippen LogP) is -0.0697. The van der Waals surface area contributed by atoms with Gasteiger partial charge in [-0.2, -0.15) is 5.26 Å². The van der Waals surface area contributed by atoms with E-state index in [1.165, 1.54) is 6.07 Å². The largest absolute Gasteiger partial charge is 0.481 e. The molecular formula is C8H14N2O4S. The van der Waals surface area contributed by atoms with E-state index in [-0.39, 0.29) is 18.9 Å². The van der Waals surface area contributed by atoms with Crippen LogP contribution in [-0.4, -0.2) is 31.8 Å². The zero-order valence-corrected chi connectivity index (χ0v) is 9.25. The molecule has 0 aromatic heterocycles. The number of carbonyl (C=O) groups is 1. The first-order chi connectivity index (χ1) is 6.87. The Bertz CT molecular complexity index is 344. The van der Waals surface area contributed by atoms with Crippen LogP contribution in [0.3, 0.4) is 0 Å². The second-order valence-corrected chi connectivity index (χ2v) is 5.11. The van der Waals surface area contributed by atoms with Crippen molar-refractivity contribution < 1.29 is 18.3 Å². The summed E-state index contributed by atoms with van der Waals surface area (Å²) < 4.78 is 24.3. The number of hydrogen-bond acceptors (Lipinski definition) is 4. The van der Waals surface area contributed by atoms with Crippen LogP contribution in [0.5, 0.6) is 0 Å². The fraction of sp³-hybridized carbons (Fsp3) is 0.750. The van der Waals surface area contributed by atoms with Gasteiger partial charge in [-0.05, 0) is 12.3 Å². The van der Waals surface area contributed by atoms with Gasteiger partial charge in [0.1, 0.15) is 0 Å². The summed E-state index contributed by atoms with van der Waals surface area (Å²) in [5, 5.41) is 16.6. The van der Waals surface area contributed by atoms with E-state index in [1.807, 2.05) is 0 Å². The first kappa shape index (κ1) is 13.9. The Morgan fingerprint density at radius 1 is 1.60 bits per heavy atom. The highest BCUT2D eigenvalue weighted by molar-refractivity contribution is 7.89. The zero-order chi connectivity index (χ0) is 11.9. The van der Waals surface area contributed by atoms with Crippen LogP contribution >= 0.6 is 0 Å². The maximum Gasteiger partial charge on any atom is 0.303 e. The van der Waals surface area contributed by atoms with E-state index < -0.39 is 21.7 Å². The van der Waals surface area contributed by atoms with E-state index in [4.69, 9.17) is 10.4 Å². The highest BCUT2D eigenvalue weighted by Gasteiger charge is 2.12. The first-order valence-electron chi connectivity index (χ1n) is 4.43. The Balaban J connectivity index is 3.86. The summed E-state index contributed by atoms with van der Waals surface area (Å²) in [5.41, 5.74) is 0. The van der Waals surface area contributed by atoms with E-state index in [9.17, 15) is 13.2 Å². The van der Waals surface area contributed by atoms with Crippen LogP contribution in [0.2, 0.25) is 0 Å². The number of aliphatic carboxylic acids is 1. The van der Waals surface area contributed by atoms with Crippen molar-refractivity contribution in [1.29, 1.82) is 5.26 Å². The van der Waals surface area contributed by atoms with Gasteiger partial charge in [-0.1, -0.05) is 6.92 Å². The molecule has 1 atom stereocenters. The molecule has 0 amide bonds. The minimum atomic E-state index is -3.52. The molecule has 86 valence electrons. The highest BCUT2D eigenvalue weighted by atomic mass is 32.2. The lowest BCUT2D eigenvalue weighted by Crippen LogP contribution is -2.30. The summed E-state index contributed by atoms with van der Waals surface area (Å²) in [4.78, 5) is 10.2. The van der Waals surface area contributed by atoms with Crippen molar-refractivity contribution in [3.05, 3.63) is 0 Å². The number of carboxylic acid groups (broad SMARTS) is 1. The average Bonchev–Trinajstić information content (AvgIpc) is 2.11. The van der Waals surface area contributed by atoms with Gasteiger partial charge in [0.2, 0.25) is 10.0 Å². The van der Waals surface area contributed by atoms with Gasteiger partial charge < -0.3 is 5.11 Å². The normalized spacial score (nSPS) is 13.1. The molecule has 1 unspecified atom stereocenters. The van der Waals surface area contributed by atoms with E-state index >= 15 is 0 Å². The molecule has 0 aromatic rings. The summed E-state index contributed by atoms with van der Waals surface area (Å²) in [6.07, 6.45) is 0.422. The third-order valence-corrected chi connectivity index (χ3v) is 2.87. The SMILES string of the molecule is CC(CCC(=O)O)CNS(=O)(=O)CC#N. The second kappa shape index (κ2) is 6.37. The van der Waals surface area contributed by atoms with Crippen molar-refractivity contribution >= 4 is 16.0 Å². The monoisotopic (exact) mass is 234 g/mol. The maximum atomic E-state index is 11.0. The minimum absolute atomic E-state index is 0.0150. The maximum absolute atomic E-state index is 11.0. The van der Waals surface area contributed by atoms with Crippen LogP contribution < -0.4 is 4.72 Å². The summed E-state index contributed by atoms with van der Waals surface area (Å²) in [5.74, 6) is -1.53. The highest BCUT2D eigenvalue weighted by Crippen LogP contribution is 2.04. The molecule has 0 aromatic carbocycles. The Morgan fingerprint density at radius 3 is 2.67 bits per heavy atom. The van der Waals surface area contributed by atoms with Crippen LogP contribution in [0.25, 0.3) is 0 Å². The van der Waals surface area contributed by atoms with E-state index in [2.05, 4.69) is 4.72 Å². The molecule has 0 spiro atoms. The molecule has 0 heterocycles. The van der Waals surface area contributed by atoms with Crippen molar-refractivity contribution in [2.75, 3.05) is 12.3 Å². The number of nitrogens with one attached hydrogen (secondary N) is 1. The van der Waals surface area contributed by atoms with Gasteiger partial charge in [0.15, 0.2) is 5.75 Å². The smallest absolute Gasteiger partial charge is 0.303 e. The summed E-state index contributed by atoms with van der Waals surface area (Å²) >= 11 is 0. The summed E-state index contributed by atoms with van der Waals surface area (Å²) in [7, 11) is -3.52. The van der Waals surface area contributed by atoms with Gasteiger partial charge in [-0.25, -0.2) is 13.1 Å². The van der Waals surface area contributed by atoms with Gasteiger partial charge in [0.05, 0.1) is 6.07 Å². The van der Waals surface area contributed by atoms with E-state index in [0.717, 1.165) is 0 Å². The summed E-state index contributed by atoms with van der Waals surface area (Å²) in [6.45, 7) is 1.91. The van der Waals surface area contributed by atoms with Gasteiger partial charge in [-0.15, -0.1) is 0 Å². The van der Waals surface area contributed by atoms with E-state index in [0.29, 0.717) is 6.42 Å². The van der Waals surface area contributed by atoms with Crippen molar-refractivity contribution in [2.24, 2.45) is 5.92 Å². The van der Waals surface area contributed by atoms with Crippen LogP contribution in [0.4, 0.5) is 0 Å². The topological polar surface area (TPSA) is 107 Å². The third-order valence-electron chi connectivity index (χ3n) is 1.76. The fourth-order valence-corrected chi connectivity index (χ4v) is 1.69. The van der Waals surface area contributed by atoms with Crippen LogP contribution in [0, 0.1) is 17.2 Å². The number of nitriles is 1. The Hall–Kier alpha value is -1.13. The molecule has 0 fully saturated rings. The van der Waals surface area contributed by atoms with Gasteiger partial charge >= 0.3 is 5.97 Å². The Morgan fingerprint density at radius 2 is 2.20 bits per heavy atom. The Labute approximate surface area is 89.0 Å². The fourth-order valence-electron chi connectivity index (χ4n) is 0.877. The number of sulfonamides is 1. The molecule has 0 aliphatic rings. The molecule has 0 saturated carbocycles. The van der Waals surface area contributed by atoms with Crippen LogP contribution in [0.1, 0.15) is 19.8 Å². The second-order valence-electron chi connectivity index (χ2n) is 3.30. The summed E-state index contributed by atoms with van der Waals surface area (Å²) in [6, 6.07) is 1.54. The molecule has 15 heavy (non-hydrogen) atoms. The van der Waals surface area contributed by atoms with Crippen molar-refractivity contribution in [1.82, 2.24) is 4.72 Å². The van der Waals surface area contributed by atoms with Crippen LogP contribution in [0.15, 0.2) is 0 Å². The first-order valence-corrected chi connectivity index (χ1v) is 6.08. The zero-order valence-electron chi connectivity index (χ0n) is 8.43. The molecule has 7 heteroatoms. The molecular weight excluding hydrogens is 220 g/mol. The molecule has 2 N–H and O–H groups in total. The predicted molar refractivity (Wildman–Crippen MR) is 53.4 cm³/mol. The minimum Gasteiger partial charge on any atom is -0.481 e. The van der Waals surface area contributed by atoms with Crippen molar-refractivity contribution in [2.45, 2.75) is 19.8 Å². The van der Waals surface area contributed by atoms with Gasteiger partial charge in [-0.3, -0.25) is 4.79 Å². The molecule has 0 aliphatic heterocycles. The number of hydrogen-bond donors (Lipinski definition) is 2. The number of nitrogens with zero attached hydrogens (tertiary/aromatic N) is 1. The molecule has 6 nitrogen and oxygen atoms in total. The molecule has 0 rings (SSSR count). The molecule has 0 saturated heterocycles. The lowest BCUT2D eigenvalue weighted by Gasteiger charge is -2.10. The Kier molecular flexibility index (Phi) is 5.89. The third kappa shape index (κ3) is 7.90. The molecule has 0 aliphatic carbocycles. The van der Waals surface area contributed by atoms with Gasteiger partial charge in [0, 0.05) is 13.0 Å². The average molecular weight is 234 g/mol. The standard InChI is InChI=1S/C8H14N2O4S/c1-7(2-3-8(11)12)6-10-15(13,14)5-4-9/h7,10H,2-3,5-6H2,1H3,(H,11,12). The molecule has 0 radical (unpaired) electrons. The quantitative estimate of drug-likeness (QED) is 0.641. The van der Waals surface area contributed by atoms with Crippen LogP contribution in [-0.2, 0) is 14.8 Å². The van der Waals surface area contributed by atoms with Crippen molar-refractivity contribution in [3.63, 3.8) is 0 Å². The van der Waals surface area contributed by atoms with E-state index in [1.54, 1.807) is 6.92 Å². The lowest BCUT2D eigenvalue weighted by atomic mass is 10.1. The van der Waals surface area contributed by atoms with Crippen molar-refractivity contribution in [3.8, 4) is 6.07 Å². The molecule has 0 bridgehead atoms. The lowest BCUT2D eigenvalue weighted by molar-refractivity contribution is -0.137. The van der Waals surface area contributed by atoms with Gasteiger partial charge in [0.25, 0.3) is 0 Å².